The van der Waals surface area contributed by atoms with Gasteiger partial charge in [-0.15, -0.1) is 0 Å². The summed E-state index contributed by atoms with van der Waals surface area (Å²) in [7, 11) is 0. The average Bonchev–Trinajstić information content (AvgIpc) is 3.38. The molecule has 0 unspecified atom stereocenters. The van der Waals surface area contributed by atoms with Crippen molar-refractivity contribution in [2.45, 2.75) is 71.6 Å². The summed E-state index contributed by atoms with van der Waals surface area (Å²) in [5.41, 5.74) is 17.0. The normalized spacial score (nSPS) is 13.2. The first-order valence-electron chi connectivity index (χ1n) is 25.3. The van der Waals surface area contributed by atoms with Crippen LogP contribution in [-0.2, 0) is 16.2 Å². The second-order valence-electron chi connectivity index (χ2n) is 22.2. The van der Waals surface area contributed by atoms with E-state index in [2.05, 4.69) is 284 Å². The number of hydrogen-bond acceptors (Lipinski definition) is 2. The second kappa shape index (κ2) is 16.6. The van der Waals surface area contributed by atoms with Gasteiger partial charge >= 0.3 is 0 Å². The summed E-state index contributed by atoms with van der Waals surface area (Å²) in [6.45, 7) is 18.6. The van der Waals surface area contributed by atoms with E-state index in [0.29, 0.717) is 0 Å². The zero-order chi connectivity index (χ0) is 48.8. The van der Waals surface area contributed by atoms with E-state index in [9.17, 15) is 0 Å². The molecule has 2 nitrogen and oxygen atoms in total. The Morgan fingerprint density at radius 2 is 0.803 bits per heavy atom. The fourth-order valence-electron chi connectivity index (χ4n) is 11.5. The van der Waals surface area contributed by atoms with Gasteiger partial charge in [0.25, 0.3) is 0 Å². The largest absolute Gasteiger partial charge is 0.310 e. The van der Waals surface area contributed by atoms with Crippen molar-refractivity contribution < 1.29 is 0 Å². The molecule has 11 aromatic rings. The molecule has 0 fully saturated rings. The fourth-order valence-corrected chi connectivity index (χ4v) is 11.5. The van der Waals surface area contributed by atoms with E-state index in [-0.39, 0.29) is 16.2 Å². The average molecular weight is 917 g/mol. The van der Waals surface area contributed by atoms with Gasteiger partial charge in [-0.25, -0.2) is 0 Å². The summed E-state index contributed by atoms with van der Waals surface area (Å²) in [5, 5.41) is 9.97. The molecule has 1 aliphatic carbocycles. The minimum absolute atomic E-state index is 0.0431. The minimum Gasteiger partial charge on any atom is -0.310 e. The SMILES string of the molecule is CC(C)(C)c1ccc(N(c2ccc3c(c2)C(C)(C)c2cccc4c2c-3c(-c2ccccc2)c2ccc(N(c3ccc(C(C)(C)C)cc3)c3cccc5ccccc35)cc24)c2cccc3ccccc23)cc1. The van der Waals surface area contributed by atoms with Crippen molar-refractivity contribution in [3.05, 3.63) is 241 Å². The van der Waals surface area contributed by atoms with Gasteiger partial charge in [0.05, 0.1) is 11.4 Å². The molecular weight excluding hydrogens is 857 g/mol. The van der Waals surface area contributed by atoms with Crippen LogP contribution in [0.15, 0.2) is 218 Å². The Bertz CT molecular complexity index is 3840. The summed E-state index contributed by atoms with van der Waals surface area (Å²) < 4.78 is 0. The van der Waals surface area contributed by atoms with Gasteiger partial charge < -0.3 is 9.80 Å². The smallest absolute Gasteiger partial charge is 0.0540 e. The van der Waals surface area contributed by atoms with Gasteiger partial charge in [0, 0.05) is 38.9 Å². The predicted molar refractivity (Wildman–Crippen MR) is 306 cm³/mol. The number of hydrogen-bond donors (Lipinski definition) is 0. The number of benzene rings is 11. The molecule has 0 saturated carbocycles. The fraction of sp³-hybridized carbons (Fsp3) is 0.159. The van der Waals surface area contributed by atoms with Crippen LogP contribution in [0.25, 0.3) is 65.3 Å². The van der Waals surface area contributed by atoms with E-state index in [1.807, 2.05) is 0 Å². The first-order chi connectivity index (χ1) is 34.3. The zero-order valence-corrected chi connectivity index (χ0v) is 42.2. The standard InChI is InChI=1S/C69H60N2/c1-67(2,3)48-31-35-50(36-32-48)70(62-29-16-23-45-19-12-14-25-54(45)62)52-39-41-57-59(43-52)56-27-18-28-60-65(56)66(64(57)47-21-10-9-11-22-47)58-42-40-53(44-61(58)69(60,7)8)71(51-37-33-49(34-38-51)68(4,5)6)63-30-17-24-46-20-13-15-26-55(46)63/h9-44H,1-8H3. The molecule has 1 aliphatic rings. The number of anilines is 6. The summed E-state index contributed by atoms with van der Waals surface area (Å²) in [6.07, 6.45) is 0. The Balaban J connectivity index is 1.11. The molecule has 0 aromatic heterocycles. The van der Waals surface area contributed by atoms with Crippen molar-refractivity contribution in [3.63, 3.8) is 0 Å². The molecule has 0 saturated heterocycles. The van der Waals surface area contributed by atoms with Crippen molar-refractivity contribution >= 4 is 77.2 Å². The Morgan fingerprint density at radius 3 is 1.37 bits per heavy atom. The van der Waals surface area contributed by atoms with Crippen LogP contribution >= 0.6 is 0 Å². The van der Waals surface area contributed by atoms with Crippen molar-refractivity contribution in [1.29, 1.82) is 0 Å². The first-order valence-corrected chi connectivity index (χ1v) is 25.3. The Kier molecular flexibility index (Phi) is 10.4. The molecule has 346 valence electrons. The van der Waals surface area contributed by atoms with E-state index in [0.717, 1.165) is 34.1 Å². The molecule has 0 radical (unpaired) electrons. The third kappa shape index (κ3) is 7.39. The van der Waals surface area contributed by atoms with E-state index in [1.165, 1.54) is 87.6 Å². The van der Waals surface area contributed by atoms with Crippen molar-refractivity contribution in [2.24, 2.45) is 0 Å². The van der Waals surface area contributed by atoms with Crippen LogP contribution in [-0.4, -0.2) is 0 Å². The summed E-state index contributed by atoms with van der Waals surface area (Å²) in [4.78, 5) is 4.94. The third-order valence-electron chi connectivity index (χ3n) is 15.3. The number of rotatable bonds is 7. The van der Waals surface area contributed by atoms with Crippen LogP contribution < -0.4 is 9.80 Å². The van der Waals surface area contributed by atoms with Gasteiger partial charge in [-0.1, -0.05) is 213 Å². The molecular formula is C69H60N2. The summed E-state index contributed by atoms with van der Waals surface area (Å²) >= 11 is 0. The molecule has 0 heterocycles. The Morgan fingerprint density at radius 1 is 0.338 bits per heavy atom. The van der Waals surface area contributed by atoms with E-state index < -0.39 is 0 Å². The molecule has 0 N–H and O–H groups in total. The monoisotopic (exact) mass is 916 g/mol. The molecule has 0 atom stereocenters. The maximum atomic E-state index is 2.49. The Labute approximate surface area is 419 Å². The number of nitrogens with zero attached hydrogens (tertiary/aromatic N) is 2. The zero-order valence-electron chi connectivity index (χ0n) is 42.2. The van der Waals surface area contributed by atoms with Gasteiger partial charge in [0.1, 0.15) is 0 Å². The van der Waals surface area contributed by atoms with Crippen LogP contribution in [0.5, 0.6) is 0 Å². The van der Waals surface area contributed by atoms with Gasteiger partial charge in [-0.3, -0.25) is 0 Å². The van der Waals surface area contributed by atoms with Gasteiger partial charge in [0.15, 0.2) is 0 Å². The molecule has 12 rings (SSSR count). The van der Waals surface area contributed by atoms with Crippen LogP contribution in [0.3, 0.4) is 0 Å². The maximum Gasteiger partial charge on any atom is 0.0540 e. The lowest BCUT2D eigenvalue weighted by Crippen LogP contribution is -2.25. The molecule has 0 aliphatic heterocycles. The molecule has 0 spiro atoms. The van der Waals surface area contributed by atoms with Crippen molar-refractivity contribution in [3.8, 4) is 22.3 Å². The predicted octanol–water partition coefficient (Wildman–Crippen LogP) is 19.8. The summed E-state index contributed by atoms with van der Waals surface area (Å²) in [5.74, 6) is 0. The minimum atomic E-state index is -0.332. The highest BCUT2D eigenvalue weighted by molar-refractivity contribution is 6.24. The topological polar surface area (TPSA) is 6.48 Å². The van der Waals surface area contributed by atoms with Crippen LogP contribution in [0.1, 0.15) is 77.6 Å². The highest BCUT2D eigenvalue weighted by Crippen LogP contribution is 2.56. The van der Waals surface area contributed by atoms with Crippen molar-refractivity contribution in [1.82, 2.24) is 0 Å². The molecule has 11 aromatic carbocycles. The molecule has 0 amide bonds. The van der Waals surface area contributed by atoms with Gasteiger partial charge in [-0.05, 0) is 148 Å². The second-order valence-corrected chi connectivity index (χ2v) is 22.2. The lowest BCUT2D eigenvalue weighted by molar-refractivity contribution is 0.590. The third-order valence-corrected chi connectivity index (χ3v) is 15.3. The van der Waals surface area contributed by atoms with E-state index in [1.54, 1.807) is 0 Å². The van der Waals surface area contributed by atoms with Crippen LogP contribution in [0.4, 0.5) is 34.1 Å². The highest BCUT2D eigenvalue weighted by Gasteiger charge is 2.37. The summed E-state index contributed by atoms with van der Waals surface area (Å²) in [6, 6.07) is 81.9. The van der Waals surface area contributed by atoms with Crippen LogP contribution in [0.2, 0.25) is 0 Å². The lowest BCUT2D eigenvalue weighted by Gasteiger charge is -2.38. The molecule has 71 heavy (non-hydrogen) atoms. The van der Waals surface area contributed by atoms with Crippen LogP contribution in [0, 0.1) is 0 Å². The lowest BCUT2D eigenvalue weighted by atomic mass is 9.66. The Hall–Kier alpha value is -7.94. The first kappa shape index (κ1) is 44.3. The quantitative estimate of drug-likeness (QED) is 0.147. The van der Waals surface area contributed by atoms with Gasteiger partial charge in [0.2, 0.25) is 0 Å². The van der Waals surface area contributed by atoms with E-state index in [4.69, 9.17) is 0 Å². The van der Waals surface area contributed by atoms with E-state index >= 15 is 0 Å². The maximum absolute atomic E-state index is 2.49. The number of fused-ring (bicyclic) bond motifs is 6. The van der Waals surface area contributed by atoms with Crippen molar-refractivity contribution in [2.75, 3.05) is 9.80 Å². The highest BCUT2D eigenvalue weighted by atomic mass is 15.1. The molecule has 2 heteroatoms. The molecule has 0 bridgehead atoms. The van der Waals surface area contributed by atoms with Gasteiger partial charge in [-0.2, -0.15) is 0 Å².